The summed E-state index contributed by atoms with van der Waals surface area (Å²) >= 11 is 0. The van der Waals surface area contributed by atoms with Crippen molar-refractivity contribution < 1.29 is 15.0 Å². The van der Waals surface area contributed by atoms with Gasteiger partial charge in [-0.1, -0.05) is 55.5 Å². The van der Waals surface area contributed by atoms with Crippen molar-refractivity contribution in [2.24, 2.45) is 5.92 Å². The third-order valence-corrected chi connectivity index (χ3v) is 2.64. The lowest BCUT2D eigenvalue weighted by Crippen LogP contribution is -2.14. The molecule has 0 saturated heterocycles. The second kappa shape index (κ2) is 7.45. The topological polar surface area (TPSA) is 57.5 Å². The molecule has 3 heteroatoms. The highest BCUT2D eigenvalue weighted by Gasteiger charge is 2.09. The predicted octanol–water partition coefficient (Wildman–Crippen LogP) is 2.73. The van der Waals surface area contributed by atoms with Gasteiger partial charge < -0.3 is 10.2 Å². The molecule has 3 nitrogen and oxygen atoms in total. The highest BCUT2D eigenvalue weighted by molar-refractivity contribution is 5.79. The summed E-state index contributed by atoms with van der Waals surface area (Å²) in [5.41, 5.74) is 1.08. The van der Waals surface area contributed by atoms with Gasteiger partial charge in [0.25, 0.3) is 0 Å². The third-order valence-electron chi connectivity index (χ3n) is 2.64. The maximum absolute atomic E-state index is 10.3. The Hall–Kier alpha value is -1.87. The van der Waals surface area contributed by atoms with E-state index < -0.39 is 12.1 Å². The Bertz CT molecular complexity index is 421. The van der Waals surface area contributed by atoms with Crippen LogP contribution in [0.5, 0.6) is 0 Å². The lowest BCUT2D eigenvalue weighted by atomic mass is 10.00. The molecule has 0 aliphatic carbocycles. The minimum absolute atomic E-state index is 0.0244. The summed E-state index contributed by atoms with van der Waals surface area (Å²) in [5.74, 6) is -1.02. The minimum Gasteiger partial charge on any atom is -0.478 e. The number of rotatable bonds is 6. The molecule has 96 valence electrons. The van der Waals surface area contributed by atoms with Crippen molar-refractivity contribution in [2.45, 2.75) is 19.4 Å². The van der Waals surface area contributed by atoms with Gasteiger partial charge in [0.05, 0.1) is 6.10 Å². The van der Waals surface area contributed by atoms with Crippen LogP contribution in [0, 0.1) is 5.92 Å². The van der Waals surface area contributed by atoms with Crippen molar-refractivity contribution in [3.05, 3.63) is 54.1 Å². The maximum Gasteiger partial charge on any atom is 0.327 e. The molecule has 0 saturated carbocycles. The molecule has 2 unspecified atom stereocenters. The van der Waals surface area contributed by atoms with Gasteiger partial charge in [0, 0.05) is 12.0 Å². The zero-order valence-electron chi connectivity index (χ0n) is 10.4. The van der Waals surface area contributed by atoms with Crippen LogP contribution in [0.4, 0.5) is 0 Å². The molecule has 2 atom stereocenters. The van der Waals surface area contributed by atoms with E-state index in [1.807, 2.05) is 49.4 Å². The summed E-state index contributed by atoms with van der Waals surface area (Å²) in [6.07, 6.45) is 6.17. The molecule has 2 N–H and O–H groups in total. The first-order valence-corrected chi connectivity index (χ1v) is 5.90. The van der Waals surface area contributed by atoms with E-state index in [4.69, 9.17) is 5.11 Å². The van der Waals surface area contributed by atoms with Crippen molar-refractivity contribution in [3.63, 3.8) is 0 Å². The van der Waals surface area contributed by atoms with E-state index in [1.165, 1.54) is 6.08 Å². The van der Waals surface area contributed by atoms with Gasteiger partial charge in [-0.3, -0.25) is 0 Å². The maximum atomic E-state index is 10.3. The molecule has 0 fully saturated rings. The molecule has 0 aromatic heterocycles. The fourth-order valence-electron chi connectivity index (χ4n) is 1.48. The van der Waals surface area contributed by atoms with Crippen LogP contribution in [0.2, 0.25) is 0 Å². The van der Waals surface area contributed by atoms with E-state index in [9.17, 15) is 9.90 Å². The molecule has 0 aliphatic rings. The first kappa shape index (κ1) is 14.2. The van der Waals surface area contributed by atoms with Gasteiger partial charge in [0.1, 0.15) is 0 Å². The summed E-state index contributed by atoms with van der Waals surface area (Å²) in [5, 5.41) is 18.2. The number of carbonyl (C=O) groups is 1. The number of aliphatic carboxylic acids is 1. The largest absolute Gasteiger partial charge is 0.478 e. The molecule has 1 rings (SSSR count). The van der Waals surface area contributed by atoms with Gasteiger partial charge in [0.2, 0.25) is 0 Å². The molecule has 0 spiro atoms. The SMILES string of the molecule is CC(C=Cc1ccccc1)C(O)CC=CC(=O)O. The number of hydrogen-bond donors (Lipinski definition) is 2. The average molecular weight is 246 g/mol. The monoisotopic (exact) mass is 246 g/mol. The highest BCUT2D eigenvalue weighted by atomic mass is 16.4. The Kier molecular flexibility index (Phi) is 5.88. The van der Waals surface area contributed by atoms with Crippen molar-refractivity contribution in [1.82, 2.24) is 0 Å². The number of hydrogen-bond acceptors (Lipinski definition) is 2. The van der Waals surface area contributed by atoms with E-state index in [1.54, 1.807) is 0 Å². The van der Waals surface area contributed by atoms with Crippen LogP contribution in [0.15, 0.2) is 48.6 Å². The van der Waals surface area contributed by atoms with Gasteiger partial charge in [-0.15, -0.1) is 0 Å². The van der Waals surface area contributed by atoms with E-state index in [0.29, 0.717) is 6.42 Å². The second-order valence-electron chi connectivity index (χ2n) is 4.17. The summed E-state index contributed by atoms with van der Waals surface area (Å²) in [4.78, 5) is 10.3. The van der Waals surface area contributed by atoms with Gasteiger partial charge >= 0.3 is 5.97 Å². The molecule has 1 aromatic carbocycles. The smallest absolute Gasteiger partial charge is 0.327 e. The number of carboxylic acid groups (broad SMARTS) is 1. The molecular weight excluding hydrogens is 228 g/mol. The number of aliphatic hydroxyl groups excluding tert-OH is 1. The van der Waals surface area contributed by atoms with Gasteiger partial charge in [0.15, 0.2) is 0 Å². The van der Waals surface area contributed by atoms with Crippen LogP contribution in [-0.4, -0.2) is 22.3 Å². The summed E-state index contributed by atoms with van der Waals surface area (Å²) in [7, 11) is 0. The normalized spacial score (nSPS) is 15.0. The summed E-state index contributed by atoms with van der Waals surface area (Å²) in [6, 6.07) is 9.83. The van der Waals surface area contributed by atoms with Crippen LogP contribution in [-0.2, 0) is 4.79 Å². The Morgan fingerprint density at radius 1 is 1.33 bits per heavy atom. The van der Waals surface area contributed by atoms with E-state index in [0.717, 1.165) is 11.6 Å². The Morgan fingerprint density at radius 3 is 2.61 bits per heavy atom. The highest BCUT2D eigenvalue weighted by Crippen LogP contribution is 2.12. The summed E-state index contributed by atoms with van der Waals surface area (Å²) in [6.45, 7) is 1.90. The van der Waals surface area contributed by atoms with Crippen LogP contribution in [0.3, 0.4) is 0 Å². The number of aliphatic hydroxyl groups is 1. The first-order chi connectivity index (χ1) is 8.59. The lowest BCUT2D eigenvalue weighted by Gasteiger charge is -2.12. The Balaban J connectivity index is 2.47. The fourth-order valence-corrected chi connectivity index (χ4v) is 1.48. The molecular formula is C15H18O3. The second-order valence-corrected chi connectivity index (χ2v) is 4.17. The fraction of sp³-hybridized carbons (Fsp3) is 0.267. The van der Waals surface area contributed by atoms with Crippen molar-refractivity contribution in [2.75, 3.05) is 0 Å². The number of benzene rings is 1. The molecule has 1 aromatic rings. The van der Waals surface area contributed by atoms with Crippen LogP contribution >= 0.6 is 0 Å². The summed E-state index contributed by atoms with van der Waals surface area (Å²) < 4.78 is 0. The Labute approximate surface area is 107 Å². The van der Waals surface area contributed by atoms with E-state index in [-0.39, 0.29) is 5.92 Å². The van der Waals surface area contributed by atoms with Crippen molar-refractivity contribution in [1.29, 1.82) is 0 Å². The third kappa shape index (κ3) is 5.46. The zero-order chi connectivity index (χ0) is 13.4. The average Bonchev–Trinajstić information content (AvgIpc) is 2.36. The Morgan fingerprint density at radius 2 is 2.00 bits per heavy atom. The number of carboxylic acids is 1. The van der Waals surface area contributed by atoms with Crippen molar-refractivity contribution in [3.8, 4) is 0 Å². The lowest BCUT2D eigenvalue weighted by molar-refractivity contribution is -0.131. The quantitative estimate of drug-likeness (QED) is 0.759. The van der Waals surface area contributed by atoms with Crippen molar-refractivity contribution >= 4 is 12.0 Å². The molecule has 0 heterocycles. The zero-order valence-corrected chi connectivity index (χ0v) is 10.4. The van der Waals surface area contributed by atoms with Gasteiger partial charge in [-0.25, -0.2) is 4.79 Å². The molecule has 0 radical (unpaired) electrons. The van der Waals surface area contributed by atoms with Crippen LogP contribution in [0.25, 0.3) is 6.08 Å². The van der Waals surface area contributed by atoms with Gasteiger partial charge in [-0.05, 0) is 12.0 Å². The molecule has 18 heavy (non-hydrogen) atoms. The van der Waals surface area contributed by atoms with Gasteiger partial charge in [-0.2, -0.15) is 0 Å². The molecule has 0 aliphatic heterocycles. The molecule has 0 bridgehead atoms. The standard InChI is InChI=1S/C15H18O3/c1-12(14(16)8-5-9-15(17)18)10-11-13-6-3-2-4-7-13/h2-7,9-12,14,16H,8H2,1H3,(H,17,18). The van der Waals surface area contributed by atoms with Crippen LogP contribution in [0.1, 0.15) is 18.9 Å². The minimum atomic E-state index is -0.991. The van der Waals surface area contributed by atoms with E-state index >= 15 is 0 Å². The predicted molar refractivity (Wildman–Crippen MR) is 72.0 cm³/mol. The first-order valence-electron chi connectivity index (χ1n) is 5.90. The molecule has 0 amide bonds. The van der Waals surface area contributed by atoms with Crippen LogP contribution < -0.4 is 0 Å². The van der Waals surface area contributed by atoms with E-state index in [2.05, 4.69) is 0 Å².